The van der Waals surface area contributed by atoms with E-state index in [0.29, 0.717) is 18.0 Å². The van der Waals surface area contributed by atoms with Crippen molar-refractivity contribution in [1.29, 1.82) is 0 Å². The van der Waals surface area contributed by atoms with Gasteiger partial charge < -0.3 is 20.5 Å². The molecule has 0 spiro atoms. The molecule has 8 heteroatoms. The van der Waals surface area contributed by atoms with Crippen LogP contribution < -0.4 is 10.6 Å². The molecule has 1 fully saturated rings. The van der Waals surface area contributed by atoms with Crippen LogP contribution in [0.4, 0.5) is 8.78 Å². The highest BCUT2D eigenvalue weighted by Gasteiger charge is 2.32. The van der Waals surface area contributed by atoms with Gasteiger partial charge in [-0.3, -0.25) is 9.69 Å². The van der Waals surface area contributed by atoms with E-state index >= 15 is 0 Å². The van der Waals surface area contributed by atoms with Crippen molar-refractivity contribution in [2.45, 2.75) is 89.9 Å². The van der Waals surface area contributed by atoms with Crippen molar-refractivity contribution in [2.75, 3.05) is 33.4 Å². The normalized spacial score (nSPS) is 16.8. The van der Waals surface area contributed by atoms with E-state index in [1.807, 2.05) is 12.1 Å². The molecule has 3 N–H and O–H groups in total. The Bertz CT molecular complexity index is 1040. The first-order valence-electron chi connectivity index (χ1n) is 15.3. The average Bonchev–Trinajstić information content (AvgIpc) is 2.96. The van der Waals surface area contributed by atoms with Crippen LogP contribution in [-0.4, -0.2) is 67.5 Å². The third-order valence-corrected chi connectivity index (χ3v) is 8.21. The number of likely N-dealkylation sites (tertiary alicyclic amines) is 1. The van der Waals surface area contributed by atoms with Crippen LogP contribution in [0.15, 0.2) is 42.5 Å². The van der Waals surface area contributed by atoms with E-state index in [2.05, 4.69) is 41.5 Å². The minimum Gasteiger partial charge on any atom is -0.390 e. The van der Waals surface area contributed by atoms with E-state index in [9.17, 15) is 18.7 Å². The molecule has 3 rings (SSSR count). The van der Waals surface area contributed by atoms with Crippen LogP contribution in [0.25, 0.3) is 0 Å². The second-order valence-corrected chi connectivity index (χ2v) is 11.4. The number of aliphatic hydroxyl groups is 1. The van der Waals surface area contributed by atoms with Gasteiger partial charge in [0.1, 0.15) is 11.6 Å². The Morgan fingerprint density at radius 3 is 2.44 bits per heavy atom. The van der Waals surface area contributed by atoms with Crippen molar-refractivity contribution in [3.05, 3.63) is 70.8 Å². The number of aliphatic hydroxyl groups excluding tert-OH is 1. The fourth-order valence-electron chi connectivity index (χ4n) is 5.73. The SMILES string of the molecule is CCCC[C@@H](C(=O)N[C@@H](Cc1cc(F)cc(F)c1)[C@H](O)CNCc1cccc(CC)c1)N1CCC(CCOC)CC1. The summed E-state index contributed by atoms with van der Waals surface area (Å²) in [5.74, 6) is -0.885. The van der Waals surface area contributed by atoms with Gasteiger partial charge in [-0.05, 0) is 86.4 Å². The van der Waals surface area contributed by atoms with Gasteiger partial charge in [-0.1, -0.05) is 51.0 Å². The largest absolute Gasteiger partial charge is 0.390 e. The molecular formula is C33H49F2N3O3. The van der Waals surface area contributed by atoms with Gasteiger partial charge in [0.05, 0.1) is 18.2 Å². The molecule has 0 aliphatic carbocycles. The van der Waals surface area contributed by atoms with Gasteiger partial charge in [-0.15, -0.1) is 0 Å². The van der Waals surface area contributed by atoms with Crippen molar-refractivity contribution < 1.29 is 23.4 Å². The van der Waals surface area contributed by atoms with E-state index < -0.39 is 23.8 Å². The highest BCUT2D eigenvalue weighted by molar-refractivity contribution is 5.82. The molecule has 0 unspecified atom stereocenters. The van der Waals surface area contributed by atoms with Crippen molar-refractivity contribution in [2.24, 2.45) is 5.92 Å². The van der Waals surface area contributed by atoms with Gasteiger partial charge >= 0.3 is 0 Å². The lowest BCUT2D eigenvalue weighted by Crippen LogP contribution is -2.56. The number of rotatable bonds is 17. The average molecular weight is 574 g/mol. The molecule has 41 heavy (non-hydrogen) atoms. The van der Waals surface area contributed by atoms with E-state index in [1.54, 1.807) is 7.11 Å². The predicted octanol–water partition coefficient (Wildman–Crippen LogP) is 5.01. The maximum atomic E-state index is 14.0. The topological polar surface area (TPSA) is 73.8 Å². The van der Waals surface area contributed by atoms with Crippen molar-refractivity contribution >= 4 is 5.91 Å². The molecule has 2 aromatic carbocycles. The van der Waals surface area contributed by atoms with Crippen molar-refractivity contribution in [1.82, 2.24) is 15.5 Å². The summed E-state index contributed by atoms with van der Waals surface area (Å²) in [7, 11) is 1.72. The molecule has 1 aliphatic rings. The molecule has 1 heterocycles. The fraction of sp³-hybridized carbons (Fsp3) is 0.606. The smallest absolute Gasteiger partial charge is 0.237 e. The maximum Gasteiger partial charge on any atom is 0.237 e. The zero-order valence-corrected chi connectivity index (χ0v) is 25.0. The lowest BCUT2D eigenvalue weighted by atomic mass is 9.92. The maximum absolute atomic E-state index is 14.0. The Morgan fingerprint density at radius 2 is 1.78 bits per heavy atom. The lowest BCUT2D eigenvalue weighted by Gasteiger charge is -2.38. The molecule has 1 saturated heterocycles. The highest BCUT2D eigenvalue weighted by atomic mass is 19.1. The van der Waals surface area contributed by atoms with E-state index in [-0.39, 0.29) is 24.9 Å². The van der Waals surface area contributed by atoms with Crippen LogP contribution in [-0.2, 0) is 28.9 Å². The molecule has 3 atom stereocenters. The number of benzene rings is 2. The number of nitrogens with one attached hydrogen (secondary N) is 2. The first kappa shape index (κ1) is 33.1. The molecule has 0 aromatic heterocycles. The number of ether oxygens (including phenoxy) is 1. The number of hydrogen-bond donors (Lipinski definition) is 3. The molecule has 6 nitrogen and oxygen atoms in total. The highest BCUT2D eigenvalue weighted by Crippen LogP contribution is 2.24. The number of halogens is 2. The second-order valence-electron chi connectivity index (χ2n) is 11.4. The standard InChI is InChI=1S/C33H49F2N3O3/c1-4-6-10-31(38-14-11-25(12-15-38)13-16-41-3)33(40)37-30(20-27-18-28(34)21-29(35)19-27)32(39)23-36-22-26-9-7-8-24(5-2)17-26/h7-9,17-19,21,25,30-32,36,39H,4-6,10-16,20,22-23H2,1-3H3,(H,37,40)/t30-,31-,32+/m0/s1. The third kappa shape index (κ3) is 11.1. The summed E-state index contributed by atoms with van der Waals surface area (Å²) in [6.45, 7) is 7.45. The molecule has 2 aromatic rings. The van der Waals surface area contributed by atoms with Gasteiger partial charge in [-0.2, -0.15) is 0 Å². The number of carbonyl (C=O) groups excluding carboxylic acids is 1. The van der Waals surface area contributed by atoms with Crippen LogP contribution in [0.2, 0.25) is 0 Å². The Balaban J connectivity index is 1.70. The number of methoxy groups -OCH3 is 1. The number of hydrogen-bond acceptors (Lipinski definition) is 5. The van der Waals surface area contributed by atoms with Crippen molar-refractivity contribution in [3.63, 3.8) is 0 Å². The van der Waals surface area contributed by atoms with Gasteiger partial charge in [0.15, 0.2) is 0 Å². The van der Waals surface area contributed by atoms with Gasteiger partial charge in [0.25, 0.3) is 0 Å². The Labute approximate surface area is 244 Å². The number of amides is 1. The molecule has 0 radical (unpaired) electrons. The minimum absolute atomic E-state index is 0.119. The van der Waals surface area contributed by atoms with E-state index in [4.69, 9.17) is 4.74 Å². The summed E-state index contributed by atoms with van der Waals surface area (Å²) >= 11 is 0. The monoisotopic (exact) mass is 573 g/mol. The molecular weight excluding hydrogens is 524 g/mol. The number of aryl methyl sites for hydroxylation is 1. The summed E-state index contributed by atoms with van der Waals surface area (Å²) in [6, 6.07) is 10.6. The minimum atomic E-state index is -0.953. The van der Waals surface area contributed by atoms with Crippen molar-refractivity contribution in [3.8, 4) is 0 Å². The summed E-state index contributed by atoms with van der Waals surface area (Å²) in [6.07, 6.45) is 5.82. The summed E-state index contributed by atoms with van der Waals surface area (Å²) in [4.78, 5) is 16.0. The quantitative estimate of drug-likeness (QED) is 0.248. The molecule has 1 aliphatic heterocycles. The zero-order valence-electron chi connectivity index (χ0n) is 25.0. The lowest BCUT2D eigenvalue weighted by molar-refractivity contribution is -0.129. The van der Waals surface area contributed by atoms with Crippen LogP contribution in [0, 0.1) is 17.6 Å². The molecule has 1 amide bonds. The Hall–Kier alpha value is -2.39. The molecule has 228 valence electrons. The summed E-state index contributed by atoms with van der Waals surface area (Å²) < 4.78 is 33.2. The van der Waals surface area contributed by atoms with E-state index in [1.165, 1.54) is 17.7 Å². The molecule has 0 bridgehead atoms. The molecule has 0 saturated carbocycles. The van der Waals surface area contributed by atoms with Crippen LogP contribution in [0.5, 0.6) is 0 Å². The van der Waals surface area contributed by atoms with E-state index in [0.717, 1.165) is 76.3 Å². The first-order chi connectivity index (χ1) is 19.8. The second kappa shape index (κ2) is 17.5. The zero-order chi connectivity index (χ0) is 29.6. The van der Waals surface area contributed by atoms with Crippen LogP contribution in [0.1, 0.15) is 69.1 Å². The van der Waals surface area contributed by atoms with Gasteiger partial charge in [0.2, 0.25) is 5.91 Å². The number of piperidine rings is 1. The van der Waals surface area contributed by atoms with Gasteiger partial charge in [0, 0.05) is 32.9 Å². The predicted molar refractivity (Wildman–Crippen MR) is 160 cm³/mol. The van der Waals surface area contributed by atoms with Crippen LogP contribution >= 0.6 is 0 Å². The fourth-order valence-corrected chi connectivity index (χ4v) is 5.73. The number of carbonyl (C=O) groups is 1. The van der Waals surface area contributed by atoms with Gasteiger partial charge in [-0.25, -0.2) is 8.78 Å². The van der Waals surface area contributed by atoms with Crippen LogP contribution in [0.3, 0.4) is 0 Å². The number of unbranched alkanes of at least 4 members (excludes halogenated alkanes) is 1. The summed E-state index contributed by atoms with van der Waals surface area (Å²) in [5, 5.41) is 17.6. The Morgan fingerprint density at radius 1 is 1.07 bits per heavy atom. The Kier molecular flexibility index (Phi) is 14.2. The third-order valence-electron chi connectivity index (χ3n) is 8.21. The summed E-state index contributed by atoms with van der Waals surface area (Å²) in [5.41, 5.74) is 2.74. The first-order valence-corrected chi connectivity index (χ1v) is 15.3. The number of nitrogens with zero attached hydrogens (tertiary/aromatic N) is 1.